The number of aliphatic hydroxyl groups is 1. The Morgan fingerprint density at radius 1 is 1.29 bits per heavy atom. The summed E-state index contributed by atoms with van der Waals surface area (Å²) in [6.07, 6.45) is -7.79. The Balaban J connectivity index is 2.02. The summed E-state index contributed by atoms with van der Waals surface area (Å²) in [6.45, 7) is -0.132. The van der Waals surface area contributed by atoms with Gasteiger partial charge < -0.3 is 9.84 Å². The predicted octanol–water partition coefficient (Wildman–Crippen LogP) is 2.26. The van der Waals surface area contributed by atoms with Gasteiger partial charge in [0.15, 0.2) is 17.7 Å². The van der Waals surface area contributed by atoms with Crippen LogP contribution in [0.15, 0.2) is 18.2 Å². The Bertz CT molecular complexity index is 494. The first-order chi connectivity index (χ1) is 9.77. The lowest BCUT2D eigenvalue weighted by Gasteiger charge is -2.34. The van der Waals surface area contributed by atoms with Crippen molar-refractivity contribution < 1.29 is 31.8 Å². The molecule has 8 heteroatoms. The van der Waals surface area contributed by atoms with Crippen molar-refractivity contribution in [2.75, 3.05) is 26.2 Å². The van der Waals surface area contributed by atoms with E-state index in [-0.39, 0.29) is 19.7 Å². The molecule has 0 amide bonds. The molecule has 0 unspecified atom stereocenters. The van der Waals surface area contributed by atoms with Crippen LogP contribution in [0.2, 0.25) is 0 Å². The standard InChI is InChI=1S/C13H14F5NO2/c14-9-2-1-8(5-10(9)15)11-6-19(3-4-21-11)7-12(20)13(16,17)18/h1-2,5,11-12,20H,3-4,6-7H2/t11-,12+/m1/s1. The number of β-amino-alcohol motifs (C(OH)–C–C–N with tert-alkyl or cyclic N) is 1. The molecule has 2 atom stereocenters. The number of alkyl halides is 3. The molecule has 1 fully saturated rings. The first kappa shape index (κ1) is 16.1. The van der Waals surface area contributed by atoms with Crippen molar-refractivity contribution >= 4 is 0 Å². The van der Waals surface area contributed by atoms with Crippen molar-refractivity contribution in [2.24, 2.45) is 0 Å². The molecule has 0 spiro atoms. The fourth-order valence-corrected chi connectivity index (χ4v) is 2.13. The van der Waals surface area contributed by atoms with E-state index in [0.29, 0.717) is 5.56 Å². The van der Waals surface area contributed by atoms with Gasteiger partial charge in [0.05, 0.1) is 12.7 Å². The van der Waals surface area contributed by atoms with E-state index in [1.807, 2.05) is 0 Å². The van der Waals surface area contributed by atoms with Gasteiger partial charge in [0, 0.05) is 19.6 Å². The van der Waals surface area contributed by atoms with Crippen LogP contribution in [-0.4, -0.2) is 48.5 Å². The lowest BCUT2D eigenvalue weighted by Crippen LogP contribution is -2.46. The van der Waals surface area contributed by atoms with E-state index in [1.165, 1.54) is 11.0 Å². The number of hydrogen-bond donors (Lipinski definition) is 1. The quantitative estimate of drug-likeness (QED) is 0.869. The molecule has 1 saturated heterocycles. The summed E-state index contributed by atoms with van der Waals surface area (Å²) in [6, 6.07) is 3.23. The molecule has 0 bridgehead atoms. The summed E-state index contributed by atoms with van der Waals surface area (Å²) in [5.74, 6) is -2.04. The second kappa shape index (κ2) is 6.25. The van der Waals surface area contributed by atoms with Gasteiger partial charge in [-0.2, -0.15) is 13.2 Å². The fourth-order valence-electron chi connectivity index (χ4n) is 2.13. The van der Waals surface area contributed by atoms with Crippen LogP contribution in [0.25, 0.3) is 0 Å². The molecule has 1 N–H and O–H groups in total. The number of halogens is 5. The van der Waals surface area contributed by atoms with Crippen molar-refractivity contribution in [1.82, 2.24) is 4.90 Å². The Kier molecular flexibility index (Phi) is 4.80. The van der Waals surface area contributed by atoms with Gasteiger partial charge in [0.1, 0.15) is 0 Å². The number of aliphatic hydroxyl groups excluding tert-OH is 1. The molecule has 0 radical (unpaired) electrons. The average Bonchev–Trinajstić information content (AvgIpc) is 2.41. The maximum atomic E-state index is 13.2. The normalized spacial score (nSPS) is 22.3. The summed E-state index contributed by atoms with van der Waals surface area (Å²) in [5.41, 5.74) is 0.347. The summed E-state index contributed by atoms with van der Waals surface area (Å²) < 4.78 is 68.4. The number of benzene rings is 1. The Hall–Kier alpha value is -1.25. The molecule has 1 heterocycles. The third-order valence-corrected chi connectivity index (χ3v) is 3.27. The molecule has 3 nitrogen and oxygen atoms in total. The van der Waals surface area contributed by atoms with Gasteiger partial charge in [0.2, 0.25) is 0 Å². The van der Waals surface area contributed by atoms with E-state index in [4.69, 9.17) is 9.84 Å². The second-order valence-corrected chi connectivity index (χ2v) is 4.85. The molecule has 1 aromatic carbocycles. The molecule has 0 aliphatic carbocycles. The minimum absolute atomic E-state index is 0.0677. The van der Waals surface area contributed by atoms with E-state index in [1.54, 1.807) is 0 Å². The van der Waals surface area contributed by atoms with Crippen LogP contribution >= 0.6 is 0 Å². The van der Waals surface area contributed by atoms with Crippen molar-refractivity contribution in [1.29, 1.82) is 0 Å². The van der Waals surface area contributed by atoms with Gasteiger partial charge in [0.25, 0.3) is 0 Å². The van der Waals surface area contributed by atoms with E-state index in [2.05, 4.69) is 0 Å². The molecule has 0 saturated carbocycles. The maximum Gasteiger partial charge on any atom is 0.415 e. The molecule has 21 heavy (non-hydrogen) atoms. The lowest BCUT2D eigenvalue weighted by atomic mass is 10.1. The van der Waals surface area contributed by atoms with Gasteiger partial charge in [-0.3, -0.25) is 4.90 Å². The number of hydrogen-bond acceptors (Lipinski definition) is 3. The predicted molar refractivity (Wildman–Crippen MR) is 63.6 cm³/mol. The smallest absolute Gasteiger partial charge is 0.382 e. The van der Waals surface area contributed by atoms with E-state index in [0.717, 1.165) is 12.1 Å². The van der Waals surface area contributed by atoms with Gasteiger partial charge in [-0.05, 0) is 17.7 Å². The molecule has 2 rings (SSSR count). The second-order valence-electron chi connectivity index (χ2n) is 4.85. The third kappa shape index (κ3) is 4.12. The van der Waals surface area contributed by atoms with Crippen LogP contribution in [0, 0.1) is 11.6 Å². The Labute approximate surface area is 117 Å². The fraction of sp³-hybridized carbons (Fsp3) is 0.538. The largest absolute Gasteiger partial charge is 0.415 e. The number of morpholine rings is 1. The number of rotatable bonds is 3. The molecular formula is C13H14F5NO2. The highest BCUT2D eigenvalue weighted by Crippen LogP contribution is 2.26. The Morgan fingerprint density at radius 2 is 2.00 bits per heavy atom. The zero-order valence-electron chi connectivity index (χ0n) is 10.9. The average molecular weight is 311 g/mol. The molecule has 1 aromatic rings. The zero-order valence-corrected chi connectivity index (χ0v) is 10.9. The summed E-state index contributed by atoms with van der Waals surface area (Å²) in [7, 11) is 0. The molecule has 118 valence electrons. The van der Waals surface area contributed by atoms with Crippen LogP contribution in [0.3, 0.4) is 0 Å². The van der Waals surface area contributed by atoms with Crippen molar-refractivity contribution in [3.05, 3.63) is 35.4 Å². The molecule has 1 aliphatic rings. The number of ether oxygens (including phenoxy) is 1. The zero-order chi connectivity index (χ0) is 15.6. The molecular weight excluding hydrogens is 297 g/mol. The monoisotopic (exact) mass is 311 g/mol. The third-order valence-electron chi connectivity index (χ3n) is 3.27. The van der Waals surface area contributed by atoms with Crippen molar-refractivity contribution in [3.63, 3.8) is 0 Å². The van der Waals surface area contributed by atoms with Gasteiger partial charge in [-0.15, -0.1) is 0 Å². The van der Waals surface area contributed by atoms with Crippen LogP contribution < -0.4 is 0 Å². The highest BCUT2D eigenvalue weighted by Gasteiger charge is 2.39. The molecule has 0 aromatic heterocycles. The lowest BCUT2D eigenvalue weighted by molar-refractivity contribution is -0.211. The van der Waals surface area contributed by atoms with E-state index < -0.39 is 36.6 Å². The maximum absolute atomic E-state index is 13.2. The molecule has 1 aliphatic heterocycles. The highest BCUT2D eigenvalue weighted by atomic mass is 19.4. The SMILES string of the molecule is O[C@@H](CN1CCO[C@@H](c2ccc(F)c(F)c2)C1)C(F)(F)F. The highest BCUT2D eigenvalue weighted by molar-refractivity contribution is 5.21. The van der Waals surface area contributed by atoms with Gasteiger partial charge in [-0.1, -0.05) is 6.07 Å². The topological polar surface area (TPSA) is 32.7 Å². The van der Waals surface area contributed by atoms with Gasteiger partial charge >= 0.3 is 6.18 Å². The first-order valence-corrected chi connectivity index (χ1v) is 6.31. The summed E-state index contributed by atoms with van der Waals surface area (Å²) in [5, 5.41) is 9.06. The Morgan fingerprint density at radius 3 is 2.62 bits per heavy atom. The van der Waals surface area contributed by atoms with Crippen LogP contribution in [0.5, 0.6) is 0 Å². The first-order valence-electron chi connectivity index (χ1n) is 6.31. The summed E-state index contributed by atoms with van der Waals surface area (Å²) in [4.78, 5) is 1.38. The van der Waals surface area contributed by atoms with Crippen LogP contribution in [0.4, 0.5) is 22.0 Å². The summed E-state index contributed by atoms with van der Waals surface area (Å²) >= 11 is 0. The van der Waals surface area contributed by atoms with Crippen LogP contribution in [0.1, 0.15) is 11.7 Å². The van der Waals surface area contributed by atoms with E-state index in [9.17, 15) is 22.0 Å². The van der Waals surface area contributed by atoms with E-state index >= 15 is 0 Å². The minimum atomic E-state index is -4.68. The van der Waals surface area contributed by atoms with Crippen molar-refractivity contribution in [3.8, 4) is 0 Å². The van der Waals surface area contributed by atoms with Crippen molar-refractivity contribution in [2.45, 2.75) is 18.4 Å². The number of nitrogens with zero attached hydrogens (tertiary/aromatic N) is 1. The van der Waals surface area contributed by atoms with Gasteiger partial charge in [-0.25, -0.2) is 8.78 Å². The minimum Gasteiger partial charge on any atom is -0.382 e. The van der Waals surface area contributed by atoms with Crippen LogP contribution in [-0.2, 0) is 4.74 Å².